The summed E-state index contributed by atoms with van der Waals surface area (Å²) in [4.78, 5) is 0.963. The number of thiocarbonyl (C=S) groups is 1. The molecule has 1 N–H and O–H groups in total. The average molecular weight is 311 g/mol. The van der Waals surface area contributed by atoms with Crippen LogP contribution in [0.3, 0.4) is 0 Å². The van der Waals surface area contributed by atoms with Gasteiger partial charge < -0.3 is 5.32 Å². The Balaban J connectivity index is 4.28. The van der Waals surface area contributed by atoms with E-state index in [0.717, 1.165) is 17.8 Å². The van der Waals surface area contributed by atoms with Gasteiger partial charge in [-0.3, -0.25) is 0 Å². The summed E-state index contributed by atoms with van der Waals surface area (Å²) in [5, 5.41) is 3.15. The maximum Gasteiger partial charge on any atom is 0.0852 e. The van der Waals surface area contributed by atoms with Crippen molar-refractivity contribution in [1.82, 2.24) is 5.32 Å². The molecule has 0 aromatic rings. The van der Waals surface area contributed by atoms with Gasteiger partial charge >= 0.3 is 0 Å². The third kappa shape index (κ3) is 4.40. The SMILES string of the molecule is CCCC(C)(CC)C(=S)N/C=C\I. The van der Waals surface area contributed by atoms with Crippen LogP contribution in [0.2, 0.25) is 0 Å². The maximum atomic E-state index is 5.35. The lowest BCUT2D eigenvalue weighted by Crippen LogP contribution is -2.34. The molecule has 0 radical (unpaired) electrons. The molecule has 0 aliphatic carbocycles. The van der Waals surface area contributed by atoms with Gasteiger partial charge in [0.2, 0.25) is 0 Å². The van der Waals surface area contributed by atoms with E-state index in [-0.39, 0.29) is 5.41 Å². The van der Waals surface area contributed by atoms with E-state index in [1.54, 1.807) is 0 Å². The number of nitrogens with one attached hydrogen (secondary N) is 1. The normalized spacial score (nSPS) is 15.7. The number of halogens is 1. The van der Waals surface area contributed by atoms with Crippen LogP contribution in [-0.4, -0.2) is 4.99 Å². The molecule has 1 unspecified atom stereocenters. The molecule has 76 valence electrons. The van der Waals surface area contributed by atoms with E-state index in [1.165, 1.54) is 6.42 Å². The molecular formula is C10H18INS. The Morgan fingerprint density at radius 3 is 2.54 bits per heavy atom. The Hall–Kier alpha value is 0.360. The summed E-state index contributed by atoms with van der Waals surface area (Å²) in [5.74, 6) is 0. The average Bonchev–Trinajstić information content (AvgIpc) is 2.14. The van der Waals surface area contributed by atoms with Crippen molar-refractivity contribution >= 4 is 39.8 Å². The van der Waals surface area contributed by atoms with Crippen LogP contribution in [-0.2, 0) is 0 Å². The van der Waals surface area contributed by atoms with Crippen molar-refractivity contribution in [3.05, 3.63) is 10.3 Å². The molecule has 0 saturated carbocycles. The summed E-state index contributed by atoms with van der Waals surface area (Å²) in [6.07, 6.45) is 5.33. The van der Waals surface area contributed by atoms with Crippen LogP contribution in [0, 0.1) is 5.41 Å². The van der Waals surface area contributed by atoms with Crippen molar-refractivity contribution in [2.24, 2.45) is 5.41 Å². The molecule has 1 atom stereocenters. The van der Waals surface area contributed by atoms with Crippen LogP contribution < -0.4 is 5.32 Å². The van der Waals surface area contributed by atoms with E-state index in [4.69, 9.17) is 12.2 Å². The molecule has 0 aromatic carbocycles. The fourth-order valence-corrected chi connectivity index (χ4v) is 1.78. The highest BCUT2D eigenvalue weighted by atomic mass is 127. The minimum atomic E-state index is 0.167. The second kappa shape index (κ2) is 6.76. The van der Waals surface area contributed by atoms with Crippen LogP contribution in [0.4, 0.5) is 0 Å². The van der Waals surface area contributed by atoms with E-state index < -0.39 is 0 Å². The molecule has 0 heterocycles. The summed E-state index contributed by atoms with van der Waals surface area (Å²) in [5.41, 5.74) is 0.167. The second-order valence-electron chi connectivity index (χ2n) is 3.43. The largest absolute Gasteiger partial charge is 0.355 e. The molecular weight excluding hydrogens is 293 g/mol. The van der Waals surface area contributed by atoms with Crippen molar-refractivity contribution in [2.45, 2.75) is 40.0 Å². The first kappa shape index (κ1) is 13.4. The topological polar surface area (TPSA) is 12.0 Å². The lowest BCUT2D eigenvalue weighted by Gasteiger charge is -2.28. The summed E-state index contributed by atoms with van der Waals surface area (Å²) in [6, 6.07) is 0. The Kier molecular flexibility index (Phi) is 6.95. The van der Waals surface area contributed by atoms with Crippen LogP contribution >= 0.6 is 34.8 Å². The molecule has 0 bridgehead atoms. The maximum absolute atomic E-state index is 5.35. The van der Waals surface area contributed by atoms with Gasteiger partial charge in [0.25, 0.3) is 0 Å². The highest BCUT2D eigenvalue weighted by Gasteiger charge is 2.25. The first-order valence-corrected chi connectivity index (χ1v) is 6.32. The standard InChI is InChI=1S/C10H18INS/c1-4-6-10(3,5-2)9(13)12-8-7-11/h7-8H,4-6H2,1-3H3,(H,12,13)/b8-7-. The van der Waals surface area contributed by atoms with Crippen molar-refractivity contribution in [1.29, 1.82) is 0 Å². The first-order valence-electron chi connectivity index (χ1n) is 4.67. The van der Waals surface area contributed by atoms with Gasteiger partial charge in [0.05, 0.1) is 4.99 Å². The predicted molar refractivity (Wildman–Crippen MR) is 72.2 cm³/mol. The van der Waals surface area contributed by atoms with E-state index in [2.05, 4.69) is 48.7 Å². The van der Waals surface area contributed by atoms with Gasteiger partial charge in [-0.2, -0.15) is 0 Å². The smallest absolute Gasteiger partial charge is 0.0852 e. The van der Waals surface area contributed by atoms with E-state index in [9.17, 15) is 0 Å². The third-order valence-electron chi connectivity index (χ3n) is 2.41. The monoisotopic (exact) mass is 311 g/mol. The first-order chi connectivity index (χ1) is 6.10. The summed E-state index contributed by atoms with van der Waals surface area (Å²) >= 11 is 7.53. The summed E-state index contributed by atoms with van der Waals surface area (Å²) < 4.78 is 1.94. The van der Waals surface area contributed by atoms with Gasteiger partial charge in [-0.15, -0.1) is 0 Å². The van der Waals surface area contributed by atoms with Crippen LogP contribution in [0.1, 0.15) is 40.0 Å². The van der Waals surface area contributed by atoms with Gasteiger partial charge in [0.15, 0.2) is 0 Å². The lowest BCUT2D eigenvalue weighted by atomic mass is 9.83. The van der Waals surface area contributed by atoms with E-state index in [0.29, 0.717) is 0 Å². The summed E-state index contributed by atoms with van der Waals surface area (Å²) in [7, 11) is 0. The molecule has 0 amide bonds. The summed E-state index contributed by atoms with van der Waals surface area (Å²) in [6.45, 7) is 6.62. The van der Waals surface area contributed by atoms with Crippen molar-refractivity contribution < 1.29 is 0 Å². The van der Waals surface area contributed by atoms with Crippen molar-refractivity contribution in [3.63, 3.8) is 0 Å². The Labute approximate surface area is 101 Å². The van der Waals surface area contributed by atoms with E-state index >= 15 is 0 Å². The highest BCUT2D eigenvalue weighted by Crippen LogP contribution is 2.28. The minimum Gasteiger partial charge on any atom is -0.355 e. The zero-order chi connectivity index (χ0) is 10.3. The quantitative estimate of drug-likeness (QED) is 0.608. The molecule has 0 spiro atoms. The van der Waals surface area contributed by atoms with Gasteiger partial charge in [0, 0.05) is 11.6 Å². The Bertz CT molecular complexity index is 191. The number of hydrogen-bond donors (Lipinski definition) is 1. The Morgan fingerprint density at radius 2 is 2.15 bits per heavy atom. The van der Waals surface area contributed by atoms with Crippen LogP contribution in [0.5, 0.6) is 0 Å². The fourth-order valence-electron chi connectivity index (χ4n) is 1.28. The molecule has 0 rings (SSSR count). The van der Waals surface area contributed by atoms with Crippen LogP contribution in [0.25, 0.3) is 0 Å². The van der Waals surface area contributed by atoms with E-state index in [1.807, 2.05) is 10.3 Å². The number of hydrogen-bond acceptors (Lipinski definition) is 1. The predicted octanol–water partition coefficient (Wildman–Crippen LogP) is 4.03. The molecule has 0 aromatic heterocycles. The van der Waals surface area contributed by atoms with Crippen LogP contribution in [0.15, 0.2) is 10.3 Å². The van der Waals surface area contributed by atoms with Gasteiger partial charge in [-0.05, 0) is 16.9 Å². The van der Waals surface area contributed by atoms with Crippen molar-refractivity contribution in [3.8, 4) is 0 Å². The zero-order valence-electron chi connectivity index (χ0n) is 8.56. The molecule has 0 fully saturated rings. The molecule has 0 aliphatic heterocycles. The van der Waals surface area contributed by atoms with Gasteiger partial charge in [-0.1, -0.05) is 62.0 Å². The lowest BCUT2D eigenvalue weighted by molar-refractivity contribution is 0.406. The molecule has 0 aliphatic rings. The highest BCUT2D eigenvalue weighted by molar-refractivity contribution is 14.1. The zero-order valence-corrected chi connectivity index (χ0v) is 11.5. The van der Waals surface area contributed by atoms with Gasteiger partial charge in [-0.25, -0.2) is 0 Å². The second-order valence-corrected chi connectivity index (χ2v) is 4.56. The Morgan fingerprint density at radius 1 is 1.54 bits per heavy atom. The third-order valence-corrected chi connectivity index (χ3v) is 3.38. The molecule has 0 saturated heterocycles. The van der Waals surface area contributed by atoms with Crippen molar-refractivity contribution in [2.75, 3.05) is 0 Å². The fraction of sp³-hybridized carbons (Fsp3) is 0.700. The minimum absolute atomic E-state index is 0.167. The molecule has 3 heteroatoms. The molecule has 13 heavy (non-hydrogen) atoms. The van der Waals surface area contributed by atoms with Gasteiger partial charge in [0.1, 0.15) is 0 Å². The molecule has 1 nitrogen and oxygen atoms in total. The number of rotatable bonds is 5.